The van der Waals surface area contributed by atoms with Crippen LogP contribution < -0.4 is 9.47 Å². The molecule has 0 fully saturated rings. The molecule has 5 nitrogen and oxygen atoms in total. The van der Waals surface area contributed by atoms with Crippen molar-refractivity contribution in [1.82, 2.24) is 0 Å². The Morgan fingerprint density at radius 1 is 1.04 bits per heavy atom. The lowest BCUT2D eigenvalue weighted by Crippen LogP contribution is -1.95. The van der Waals surface area contributed by atoms with E-state index in [1.165, 1.54) is 19.2 Å². The Morgan fingerprint density at radius 3 is 2.17 bits per heavy atom. The highest BCUT2D eigenvalue weighted by molar-refractivity contribution is 5.91. The Bertz CT molecular complexity index is 786. The van der Waals surface area contributed by atoms with Gasteiger partial charge in [0.15, 0.2) is 11.5 Å². The average Bonchev–Trinajstić information content (AvgIpc) is 2.59. The number of ether oxygens (including phenoxy) is 2. The summed E-state index contributed by atoms with van der Waals surface area (Å²) < 4.78 is 10.4. The van der Waals surface area contributed by atoms with Crippen molar-refractivity contribution in [1.29, 1.82) is 5.26 Å². The molecule has 0 unspecified atom stereocenters. The SMILES string of the molecule is COc1ccc(/C(C#N)=C/c2ccc(C(=O)O)cc2)cc1OC. The van der Waals surface area contributed by atoms with Crippen molar-refractivity contribution in [2.45, 2.75) is 0 Å². The zero-order chi connectivity index (χ0) is 16.8. The summed E-state index contributed by atoms with van der Waals surface area (Å²) in [5, 5.41) is 18.3. The number of rotatable bonds is 5. The fourth-order valence-corrected chi connectivity index (χ4v) is 2.07. The molecule has 0 aliphatic heterocycles. The molecule has 116 valence electrons. The molecule has 0 aliphatic rings. The van der Waals surface area contributed by atoms with Crippen LogP contribution in [0, 0.1) is 11.3 Å². The molecule has 2 aromatic carbocycles. The molecule has 0 heterocycles. The van der Waals surface area contributed by atoms with Gasteiger partial charge in [-0.15, -0.1) is 0 Å². The van der Waals surface area contributed by atoms with Crippen LogP contribution in [-0.4, -0.2) is 25.3 Å². The first-order valence-corrected chi connectivity index (χ1v) is 6.76. The van der Waals surface area contributed by atoms with Crippen LogP contribution in [-0.2, 0) is 0 Å². The predicted octanol–water partition coefficient (Wildman–Crippen LogP) is 3.47. The standard InChI is InChI=1S/C18H15NO4/c1-22-16-8-7-14(10-17(16)23-2)15(11-19)9-12-3-5-13(6-4-12)18(20)21/h3-10H,1-2H3,(H,20,21)/b15-9+. The third kappa shape index (κ3) is 3.69. The van der Waals surface area contributed by atoms with Gasteiger partial charge in [0.2, 0.25) is 0 Å². The average molecular weight is 309 g/mol. The number of benzene rings is 2. The predicted molar refractivity (Wildman–Crippen MR) is 86.4 cm³/mol. The number of nitrogens with zero attached hydrogens (tertiary/aromatic N) is 1. The van der Waals surface area contributed by atoms with Crippen molar-refractivity contribution in [3.05, 3.63) is 59.2 Å². The first-order valence-electron chi connectivity index (χ1n) is 6.76. The molecule has 0 atom stereocenters. The second-order valence-corrected chi connectivity index (χ2v) is 4.67. The van der Waals surface area contributed by atoms with E-state index in [2.05, 4.69) is 6.07 Å². The van der Waals surface area contributed by atoms with E-state index in [0.717, 1.165) is 5.56 Å². The molecule has 2 aromatic rings. The van der Waals surface area contributed by atoms with Crippen molar-refractivity contribution in [2.75, 3.05) is 14.2 Å². The van der Waals surface area contributed by atoms with Gasteiger partial charge in [0, 0.05) is 0 Å². The summed E-state index contributed by atoms with van der Waals surface area (Å²) in [5.41, 5.74) is 2.06. The maximum Gasteiger partial charge on any atom is 0.335 e. The first kappa shape index (κ1) is 16.1. The number of hydrogen-bond acceptors (Lipinski definition) is 4. The van der Waals surface area contributed by atoms with E-state index in [1.54, 1.807) is 43.5 Å². The topological polar surface area (TPSA) is 79.5 Å². The maximum atomic E-state index is 10.8. The van der Waals surface area contributed by atoms with Crippen molar-refractivity contribution >= 4 is 17.6 Å². The molecule has 0 spiro atoms. The lowest BCUT2D eigenvalue weighted by molar-refractivity contribution is 0.0697. The van der Waals surface area contributed by atoms with Gasteiger partial charge in [-0.3, -0.25) is 0 Å². The second kappa shape index (κ2) is 7.14. The summed E-state index contributed by atoms with van der Waals surface area (Å²) in [7, 11) is 3.07. The molecule has 0 radical (unpaired) electrons. The van der Waals surface area contributed by atoms with Gasteiger partial charge >= 0.3 is 5.97 Å². The maximum absolute atomic E-state index is 10.8. The van der Waals surface area contributed by atoms with Crippen LogP contribution in [0.5, 0.6) is 11.5 Å². The van der Waals surface area contributed by atoms with Gasteiger partial charge in [0.05, 0.1) is 31.4 Å². The van der Waals surface area contributed by atoms with Gasteiger partial charge in [-0.05, 0) is 47.5 Å². The van der Waals surface area contributed by atoms with Gasteiger partial charge < -0.3 is 14.6 Å². The molecular formula is C18H15NO4. The van der Waals surface area contributed by atoms with Gasteiger partial charge in [-0.1, -0.05) is 12.1 Å². The van der Waals surface area contributed by atoms with E-state index in [9.17, 15) is 10.1 Å². The summed E-state index contributed by atoms with van der Waals surface area (Å²) in [6.45, 7) is 0. The number of aromatic carboxylic acids is 1. The summed E-state index contributed by atoms with van der Waals surface area (Å²) in [5.74, 6) is 0.132. The van der Waals surface area contributed by atoms with Crippen molar-refractivity contribution in [3.8, 4) is 17.6 Å². The Kier molecular flexibility index (Phi) is 5.00. The molecule has 0 amide bonds. The number of carboxylic acids is 1. The monoisotopic (exact) mass is 309 g/mol. The third-order valence-corrected chi connectivity index (χ3v) is 3.28. The van der Waals surface area contributed by atoms with E-state index in [4.69, 9.17) is 14.6 Å². The number of hydrogen-bond donors (Lipinski definition) is 1. The lowest BCUT2D eigenvalue weighted by atomic mass is 10.0. The smallest absolute Gasteiger partial charge is 0.335 e. The Hall–Kier alpha value is -3.26. The molecular weight excluding hydrogens is 294 g/mol. The number of nitriles is 1. The van der Waals surface area contributed by atoms with Gasteiger partial charge in [0.25, 0.3) is 0 Å². The van der Waals surface area contributed by atoms with Crippen LogP contribution in [0.2, 0.25) is 0 Å². The molecule has 23 heavy (non-hydrogen) atoms. The largest absolute Gasteiger partial charge is 0.493 e. The van der Waals surface area contributed by atoms with Crippen LogP contribution in [0.3, 0.4) is 0 Å². The highest BCUT2D eigenvalue weighted by Gasteiger charge is 2.08. The third-order valence-electron chi connectivity index (χ3n) is 3.28. The van der Waals surface area contributed by atoms with Gasteiger partial charge in [-0.25, -0.2) is 4.79 Å². The van der Waals surface area contributed by atoms with Crippen molar-refractivity contribution in [2.24, 2.45) is 0 Å². The zero-order valence-corrected chi connectivity index (χ0v) is 12.7. The minimum atomic E-state index is -0.985. The molecule has 0 aliphatic carbocycles. The second-order valence-electron chi connectivity index (χ2n) is 4.67. The summed E-state index contributed by atoms with van der Waals surface area (Å²) >= 11 is 0. The molecule has 1 N–H and O–H groups in total. The minimum Gasteiger partial charge on any atom is -0.493 e. The Morgan fingerprint density at radius 2 is 1.65 bits per heavy atom. The quantitative estimate of drug-likeness (QED) is 0.676. The normalized spacial score (nSPS) is 10.7. The van der Waals surface area contributed by atoms with E-state index in [0.29, 0.717) is 22.6 Å². The number of carboxylic acid groups (broad SMARTS) is 1. The van der Waals surface area contributed by atoms with E-state index < -0.39 is 5.97 Å². The zero-order valence-electron chi connectivity index (χ0n) is 12.7. The van der Waals surface area contributed by atoms with Gasteiger partial charge in [-0.2, -0.15) is 5.26 Å². The molecule has 0 saturated carbocycles. The van der Waals surface area contributed by atoms with Gasteiger partial charge in [0.1, 0.15) is 0 Å². The highest BCUT2D eigenvalue weighted by atomic mass is 16.5. The van der Waals surface area contributed by atoms with Crippen LogP contribution in [0.15, 0.2) is 42.5 Å². The van der Waals surface area contributed by atoms with Crippen LogP contribution >= 0.6 is 0 Å². The summed E-state index contributed by atoms with van der Waals surface area (Å²) in [6, 6.07) is 13.7. The fourth-order valence-electron chi connectivity index (χ4n) is 2.07. The van der Waals surface area contributed by atoms with Crippen LogP contribution in [0.4, 0.5) is 0 Å². The van der Waals surface area contributed by atoms with E-state index >= 15 is 0 Å². The molecule has 0 aromatic heterocycles. The Balaban J connectivity index is 2.39. The molecule has 0 bridgehead atoms. The fraction of sp³-hybridized carbons (Fsp3) is 0.111. The molecule has 0 saturated heterocycles. The summed E-state index contributed by atoms with van der Waals surface area (Å²) in [6.07, 6.45) is 1.69. The molecule has 5 heteroatoms. The van der Waals surface area contributed by atoms with Crippen molar-refractivity contribution < 1.29 is 19.4 Å². The van der Waals surface area contributed by atoms with Crippen molar-refractivity contribution in [3.63, 3.8) is 0 Å². The number of carbonyl (C=O) groups is 1. The summed E-state index contributed by atoms with van der Waals surface area (Å²) in [4.78, 5) is 10.8. The first-order chi connectivity index (χ1) is 11.1. The van der Waals surface area contributed by atoms with Crippen LogP contribution in [0.1, 0.15) is 21.5 Å². The Labute approximate surface area is 134 Å². The lowest BCUT2D eigenvalue weighted by Gasteiger charge is -2.09. The minimum absolute atomic E-state index is 0.201. The van der Waals surface area contributed by atoms with E-state index in [-0.39, 0.29) is 5.56 Å². The van der Waals surface area contributed by atoms with Crippen LogP contribution in [0.25, 0.3) is 11.6 Å². The molecule has 2 rings (SSSR count). The van der Waals surface area contributed by atoms with E-state index in [1.807, 2.05) is 0 Å². The number of methoxy groups -OCH3 is 2. The number of allylic oxidation sites excluding steroid dienone is 1. The highest BCUT2D eigenvalue weighted by Crippen LogP contribution is 2.30.